The number of fused-ring (bicyclic) bond motifs is 1. The van der Waals surface area contributed by atoms with Crippen LogP contribution in [0.5, 0.6) is 0 Å². The molecule has 0 unspecified atom stereocenters. The van der Waals surface area contributed by atoms with Crippen LogP contribution in [0.25, 0.3) is 11.0 Å². The molecule has 0 spiro atoms. The van der Waals surface area contributed by atoms with Gasteiger partial charge in [-0.25, -0.2) is 15.0 Å². The van der Waals surface area contributed by atoms with Gasteiger partial charge in [-0.05, 0) is 6.92 Å². The average molecular weight is 354 g/mol. The van der Waals surface area contributed by atoms with Crippen molar-refractivity contribution in [2.45, 2.75) is 19.4 Å². The van der Waals surface area contributed by atoms with E-state index in [9.17, 15) is 4.79 Å². The second-order valence-electron chi connectivity index (χ2n) is 6.82. The molecular formula is C17H22N8O. The maximum Gasteiger partial charge on any atom is 0.223 e. The summed E-state index contributed by atoms with van der Waals surface area (Å²) in [5.74, 6) is 2.58. The number of nitrogens with zero attached hydrogens (tertiary/aromatic N) is 7. The summed E-state index contributed by atoms with van der Waals surface area (Å²) in [5.41, 5.74) is 0.792. The van der Waals surface area contributed by atoms with Crippen molar-refractivity contribution in [3.63, 3.8) is 0 Å². The van der Waals surface area contributed by atoms with Gasteiger partial charge in [0.25, 0.3) is 0 Å². The van der Waals surface area contributed by atoms with Gasteiger partial charge in [-0.3, -0.25) is 9.48 Å². The maximum atomic E-state index is 12.3. The highest BCUT2D eigenvalue weighted by molar-refractivity contribution is 5.86. The zero-order chi connectivity index (χ0) is 18.4. The van der Waals surface area contributed by atoms with Crippen LogP contribution in [0.15, 0.2) is 18.6 Å². The van der Waals surface area contributed by atoms with Crippen LogP contribution in [0.1, 0.15) is 24.1 Å². The van der Waals surface area contributed by atoms with Crippen LogP contribution >= 0.6 is 0 Å². The van der Waals surface area contributed by atoms with E-state index >= 15 is 0 Å². The Morgan fingerprint density at radius 1 is 1.27 bits per heavy atom. The van der Waals surface area contributed by atoms with E-state index in [1.54, 1.807) is 22.0 Å². The molecule has 0 saturated carbocycles. The summed E-state index contributed by atoms with van der Waals surface area (Å²) in [6.07, 6.45) is 5.92. The van der Waals surface area contributed by atoms with Crippen molar-refractivity contribution < 1.29 is 4.79 Å². The first-order chi connectivity index (χ1) is 12.5. The quantitative estimate of drug-likeness (QED) is 0.752. The van der Waals surface area contributed by atoms with E-state index in [2.05, 4.69) is 25.4 Å². The highest BCUT2D eigenvalue weighted by atomic mass is 16.2. The smallest absolute Gasteiger partial charge is 0.223 e. The first-order valence-corrected chi connectivity index (χ1v) is 8.59. The van der Waals surface area contributed by atoms with Gasteiger partial charge in [0, 0.05) is 52.4 Å². The van der Waals surface area contributed by atoms with E-state index in [-0.39, 0.29) is 17.9 Å². The number of likely N-dealkylation sites (tertiary alicyclic amines) is 1. The maximum absolute atomic E-state index is 12.3. The molecule has 1 aliphatic rings. The van der Waals surface area contributed by atoms with Gasteiger partial charge < -0.3 is 14.8 Å². The minimum Gasteiger partial charge on any atom is -0.369 e. The first-order valence-electron chi connectivity index (χ1n) is 8.59. The van der Waals surface area contributed by atoms with E-state index in [4.69, 9.17) is 0 Å². The summed E-state index contributed by atoms with van der Waals surface area (Å²) in [6.45, 7) is 2.48. The topological polar surface area (TPSA) is 93.8 Å². The number of aromatic nitrogens is 6. The van der Waals surface area contributed by atoms with Crippen LogP contribution in [0.4, 0.5) is 5.82 Å². The Hall–Kier alpha value is -2.97. The minimum atomic E-state index is -0.0534. The predicted molar refractivity (Wildman–Crippen MR) is 96.4 cm³/mol. The largest absolute Gasteiger partial charge is 0.369 e. The molecule has 3 aromatic rings. The highest BCUT2D eigenvalue weighted by Gasteiger charge is 2.40. The fraction of sp³-hybridized carbons (Fsp3) is 0.471. The van der Waals surface area contributed by atoms with Crippen LogP contribution in [0.2, 0.25) is 0 Å². The number of rotatable bonds is 4. The van der Waals surface area contributed by atoms with Crippen LogP contribution in [-0.4, -0.2) is 53.7 Å². The summed E-state index contributed by atoms with van der Waals surface area (Å²) in [6, 6.07) is -0.0534. The summed E-state index contributed by atoms with van der Waals surface area (Å²) >= 11 is 0. The molecule has 4 heterocycles. The molecule has 0 aliphatic carbocycles. The molecule has 0 aromatic carbocycles. The lowest BCUT2D eigenvalue weighted by Gasteiger charge is -2.25. The Morgan fingerprint density at radius 3 is 2.81 bits per heavy atom. The molecule has 4 rings (SSSR count). The van der Waals surface area contributed by atoms with Gasteiger partial charge in [-0.1, -0.05) is 0 Å². The molecule has 136 valence electrons. The van der Waals surface area contributed by atoms with Crippen LogP contribution < -0.4 is 5.32 Å². The zero-order valence-electron chi connectivity index (χ0n) is 15.3. The van der Waals surface area contributed by atoms with Crippen molar-refractivity contribution in [2.75, 3.05) is 18.9 Å². The van der Waals surface area contributed by atoms with Gasteiger partial charge in [-0.2, -0.15) is 5.10 Å². The third-order valence-corrected chi connectivity index (χ3v) is 5.05. The molecular weight excluding hydrogens is 332 g/mol. The Labute approximate surface area is 151 Å². The van der Waals surface area contributed by atoms with E-state index < -0.39 is 0 Å². The van der Waals surface area contributed by atoms with Gasteiger partial charge in [0.2, 0.25) is 5.91 Å². The van der Waals surface area contributed by atoms with Crippen LogP contribution in [0.3, 0.4) is 0 Å². The predicted octanol–water partition coefficient (Wildman–Crippen LogP) is 1.04. The van der Waals surface area contributed by atoms with Gasteiger partial charge in [0.15, 0.2) is 5.65 Å². The van der Waals surface area contributed by atoms with E-state index in [0.29, 0.717) is 18.8 Å². The lowest BCUT2D eigenvalue weighted by atomic mass is 9.99. The standard InChI is InChI=1S/C17H22N8O/c1-10-21-15(12-9-20-25(4)16(12)22-10)19-8-11-7-13(26)24(3)14(11)17-18-5-6-23(17)2/h5-6,9,11,14H,7-8H2,1-4H3,(H,19,21,22)/t11-,14+/m0/s1. The number of carbonyl (C=O) groups excluding carboxylic acids is 1. The number of aryl methyl sites for hydroxylation is 3. The van der Waals surface area contributed by atoms with E-state index in [0.717, 1.165) is 22.7 Å². The number of carbonyl (C=O) groups is 1. The SMILES string of the molecule is Cc1nc(NC[C@@H]2CC(=O)N(C)[C@H]2c2nccn2C)c2cnn(C)c2n1. The summed E-state index contributed by atoms with van der Waals surface area (Å²) in [4.78, 5) is 27.5. The van der Waals surface area contributed by atoms with Crippen LogP contribution in [0, 0.1) is 12.8 Å². The normalized spacial score (nSPS) is 20.3. The number of imidazole rings is 1. The molecule has 1 N–H and O–H groups in total. The molecule has 9 heteroatoms. The van der Waals surface area contributed by atoms with Crippen molar-refractivity contribution in [1.29, 1.82) is 0 Å². The van der Waals surface area contributed by atoms with E-state index in [1.165, 1.54) is 0 Å². The highest BCUT2D eigenvalue weighted by Crippen LogP contribution is 2.36. The van der Waals surface area contributed by atoms with Gasteiger partial charge >= 0.3 is 0 Å². The second-order valence-corrected chi connectivity index (χ2v) is 6.82. The van der Waals surface area contributed by atoms with Crippen molar-refractivity contribution in [3.05, 3.63) is 30.2 Å². The molecule has 9 nitrogen and oxygen atoms in total. The second kappa shape index (κ2) is 6.08. The Balaban J connectivity index is 1.61. The summed E-state index contributed by atoms with van der Waals surface area (Å²) < 4.78 is 3.71. The average Bonchev–Trinajstić information content (AvgIpc) is 3.25. The molecule has 1 aliphatic heterocycles. The molecule has 3 aromatic heterocycles. The molecule has 2 atom stereocenters. The number of nitrogens with one attached hydrogen (secondary N) is 1. The van der Waals surface area contributed by atoms with Crippen molar-refractivity contribution in [2.24, 2.45) is 20.0 Å². The van der Waals surface area contributed by atoms with Crippen molar-refractivity contribution in [1.82, 2.24) is 34.2 Å². The fourth-order valence-electron chi connectivity index (χ4n) is 3.67. The lowest BCUT2D eigenvalue weighted by molar-refractivity contribution is -0.127. The van der Waals surface area contributed by atoms with Gasteiger partial charge in [0.05, 0.1) is 17.6 Å². The first kappa shape index (κ1) is 16.5. The number of amides is 1. The summed E-state index contributed by atoms with van der Waals surface area (Å²) in [5, 5.41) is 8.56. The molecule has 26 heavy (non-hydrogen) atoms. The van der Waals surface area contributed by atoms with Crippen molar-refractivity contribution >= 4 is 22.8 Å². The number of hydrogen-bond acceptors (Lipinski definition) is 6. The fourth-order valence-corrected chi connectivity index (χ4v) is 3.67. The number of anilines is 1. The molecule has 1 saturated heterocycles. The Kier molecular flexibility index (Phi) is 3.86. The molecule has 1 amide bonds. The number of hydrogen-bond donors (Lipinski definition) is 1. The van der Waals surface area contributed by atoms with E-state index in [1.807, 2.05) is 38.8 Å². The third kappa shape index (κ3) is 2.59. The lowest BCUT2D eigenvalue weighted by Crippen LogP contribution is -2.29. The zero-order valence-corrected chi connectivity index (χ0v) is 15.3. The molecule has 0 bridgehead atoms. The Morgan fingerprint density at radius 2 is 2.08 bits per heavy atom. The summed E-state index contributed by atoms with van der Waals surface area (Å²) in [7, 11) is 5.66. The molecule has 0 radical (unpaired) electrons. The third-order valence-electron chi connectivity index (χ3n) is 5.05. The van der Waals surface area contributed by atoms with Crippen LogP contribution in [-0.2, 0) is 18.9 Å². The monoisotopic (exact) mass is 354 g/mol. The van der Waals surface area contributed by atoms with Gasteiger partial charge in [-0.15, -0.1) is 0 Å². The minimum absolute atomic E-state index is 0.0534. The Bertz CT molecular complexity index is 974. The molecule has 1 fully saturated rings. The van der Waals surface area contributed by atoms with Gasteiger partial charge in [0.1, 0.15) is 17.5 Å². The van der Waals surface area contributed by atoms with Crippen molar-refractivity contribution in [3.8, 4) is 0 Å².